The Labute approximate surface area is 115 Å². The van der Waals surface area contributed by atoms with Crippen molar-refractivity contribution in [3.8, 4) is 5.75 Å². The molecule has 0 unspecified atom stereocenters. The topological polar surface area (TPSA) is 63.6 Å². The van der Waals surface area contributed by atoms with Gasteiger partial charge in [0.25, 0.3) is 0 Å². The third-order valence-corrected chi connectivity index (χ3v) is 1.71. The number of esters is 1. The average molecular weight is 288 g/mol. The quantitative estimate of drug-likeness (QED) is 0.407. The second kappa shape index (κ2) is 9.22. The van der Waals surface area contributed by atoms with Crippen molar-refractivity contribution in [2.45, 2.75) is 6.42 Å². The molecule has 0 fully saturated rings. The first-order valence-corrected chi connectivity index (χ1v) is 4.99. The summed E-state index contributed by atoms with van der Waals surface area (Å²) in [5.41, 5.74) is 0. The van der Waals surface area contributed by atoms with Crippen molar-refractivity contribution in [1.29, 1.82) is 0 Å². The second-order valence-electron chi connectivity index (χ2n) is 3.13. The average Bonchev–Trinajstić information content (AvgIpc) is 2.90. The van der Waals surface area contributed by atoms with Crippen molar-refractivity contribution < 1.29 is 36.5 Å². The number of carboxylic acid groups (broad SMARTS) is 1. The third kappa shape index (κ3) is 7.44. The van der Waals surface area contributed by atoms with Crippen molar-refractivity contribution in [2.24, 2.45) is 0 Å². The molecule has 96 valence electrons. The second-order valence-corrected chi connectivity index (χ2v) is 3.13. The molecule has 4 nitrogen and oxygen atoms in total. The molecule has 0 aliphatic heterocycles. The predicted octanol–water partition coefficient (Wildman–Crippen LogP) is 2.19. The van der Waals surface area contributed by atoms with Crippen LogP contribution in [0.5, 0.6) is 5.75 Å². The molecule has 2 rings (SSSR count). The van der Waals surface area contributed by atoms with Gasteiger partial charge in [-0.05, 0) is 0 Å². The molecule has 0 bridgehead atoms. The Hall–Kier alpha value is -1.84. The van der Waals surface area contributed by atoms with E-state index in [1.54, 1.807) is 24.3 Å². The summed E-state index contributed by atoms with van der Waals surface area (Å²) in [6.45, 7) is 0. The van der Waals surface area contributed by atoms with Crippen LogP contribution in [0.25, 0.3) is 0 Å². The van der Waals surface area contributed by atoms with Gasteiger partial charge in [0.2, 0.25) is 5.97 Å². The molecule has 0 heterocycles. The minimum absolute atomic E-state index is 0. The third-order valence-electron chi connectivity index (χ3n) is 1.71. The number of rotatable bonds is 3. The van der Waals surface area contributed by atoms with Crippen LogP contribution < -0.4 is 4.74 Å². The molecule has 2 aromatic rings. The summed E-state index contributed by atoms with van der Waals surface area (Å²) < 4.78 is 4.65. The molecule has 0 amide bonds. The fourth-order valence-electron chi connectivity index (χ4n) is 1.04. The van der Waals surface area contributed by atoms with Crippen LogP contribution in [0, 0.1) is 0 Å². The van der Waals surface area contributed by atoms with Crippen LogP contribution in [-0.4, -0.2) is 17.0 Å². The molecule has 0 atom stereocenters. The smallest absolute Gasteiger partial charge is 0.517 e. The van der Waals surface area contributed by atoms with Crippen LogP contribution in [0.4, 0.5) is 0 Å². The maximum Gasteiger partial charge on any atom is 2.00 e. The van der Waals surface area contributed by atoms with E-state index in [9.17, 15) is 9.59 Å². The molecule has 0 radical (unpaired) electrons. The molecule has 2 aromatic carbocycles. The van der Waals surface area contributed by atoms with Crippen molar-refractivity contribution in [3.05, 3.63) is 54.6 Å². The number of hydrogen-bond acceptors (Lipinski definition) is 3. The Kier molecular flexibility index (Phi) is 8.27. The van der Waals surface area contributed by atoms with Crippen LogP contribution in [0.3, 0.4) is 0 Å². The maximum absolute atomic E-state index is 10.7. The van der Waals surface area contributed by atoms with Gasteiger partial charge in [0.1, 0.15) is 6.42 Å². The summed E-state index contributed by atoms with van der Waals surface area (Å²) in [6.07, 6.45) is -0.606. The first-order valence-electron chi connectivity index (χ1n) is 4.99. The molecule has 0 aromatic heterocycles. The number of carboxylic acids is 1. The van der Waals surface area contributed by atoms with E-state index in [2.05, 4.69) is 4.74 Å². The first-order chi connectivity index (χ1) is 8.18. The largest absolute Gasteiger partial charge is 2.00 e. The van der Waals surface area contributed by atoms with Crippen LogP contribution in [-0.2, 0) is 26.7 Å². The molecule has 0 spiro atoms. The van der Waals surface area contributed by atoms with Gasteiger partial charge in [-0.2, -0.15) is 30.3 Å². The van der Waals surface area contributed by atoms with Crippen LogP contribution in [0.15, 0.2) is 54.6 Å². The zero-order valence-electron chi connectivity index (χ0n) is 9.43. The number of ether oxygens (including phenoxy) is 1. The van der Waals surface area contributed by atoms with E-state index >= 15 is 0 Å². The van der Waals surface area contributed by atoms with E-state index in [0.29, 0.717) is 5.75 Å². The number of aliphatic carboxylic acids is 1. The fourth-order valence-corrected chi connectivity index (χ4v) is 1.04. The molecule has 0 saturated carbocycles. The van der Waals surface area contributed by atoms with Gasteiger partial charge in [-0.25, -0.2) is 12.1 Å². The molecule has 0 aliphatic rings. The Morgan fingerprint density at radius 2 is 1.67 bits per heavy atom. The Balaban J connectivity index is 0.000000405. The van der Waals surface area contributed by atoms with Gasteiger partial charge >= 0.3 is 23.0 Å². The van der Waals surface area contributed by atoms with E-state index in [1.807, 2.05) is 30.3 Å². The summed E-state index contributed by atoms with van der Waals surface area (Å²) in [5, 5.41) is 8.21. The summed E-state index contributed by atoms with van der Waals surface area (Å²) in [7, 11) is 0. The van der Waals surface area contributed by atoms with Gasteiger partial charge < -0.3 is 14.6 Å². The molecule has 5 heteroatoms. The van der Waals surface area contributed by atoms with Gasteiger partial charge in [-0.15, -0.1) is 12.1 Å². The Bertz CT molecular complexity index is 414. The molecule has 0 saturated heterocycles. The van der Waals surface area contributed by atoms with Crippen LogP contribution >= 0.6 is 0 Å². The van der Waals surface area contributed by atoms with Crippen LogP contribution in [0.2, 0.25) is 0 Å². The maximum atomic E-state index is 10.7. The van der Waals surface area contributed by atoms with E-state index in [1.165, 1.54) is 0 Å². The summed E-state index contributed by atoms with van der Waals surface area (Å²) in [5.74, 6) is -1.57. The zero-order chi connectivity index (χ0) is 12.5. The summed E-state index contributed by atoms with van der Waals surface area (Å²) in [4.78, 5) is 20.8. The SMILES string of the molecule is O=C(O)CC(=O)O[c-]1cccc1.[Fe+2].c1cc[cH-]c1. The predicted molar refractivity (Wildman–Crippen MR) is 62.0 cm³/mol. The normalized spacial score (nSPS) is 8.44. The molecule has 1 N–H and O–H groups in total. The summed E-state index contributed by atoms with van der Waals surface area (Å²) in [6, 6.07) is 16.6. The van der Waals surface area contributed by atoms with Gasteiger partial charge in [0, 0.05) is 5.75 Å². The van der Waals surface area contributed by atoms with Gasteiger partial charge in [0.15, 0.2) is 0 Å². The van der Waals surface area contributed by atoms with Crippen molar-refractivity contribution in [3.63, 3.8) is 0 Å². The minimum atomic E-state index is -1.19. The van der Waals surface area contributed by atoms with Crippen LogP contribution in [0.1, 0.15) is 6.42 Å². The molecular formula is C13H12FeO4. The van der Waals surface area contributed by atoms with Crippen molar-refractivity contribution >= 4 is 11.9 Å². The van der Waals surface area contributed by atoms with E-state index < -0.39 is 18.4 Å². The van der Waals surface area contributed by atoms with Gasteiger partial charge in [-0.3, -0.25) is 4.79 Å². The zero-order valence-corrected chi connectivity index (χ0v) is 10.5. The van der Waals surface area contributed by atoms with Crippen molar-refractivity contribution in [1.82, 2.24) is 0 Å². The number of carbonyl (C=O) groups excluding carboxylic acids is 1. The van der Waals surface area contributed by atoms with Gasteiger partial charge in [-0.1, -0.05) is 0 Å². The monoisotopic (exact) mass is 288 g/mol. The molecule has 0 aliphatic carbocycles. The Morgan fingerprint density at radius 3 is 2.06 bits per heavy atom. The number of hydrogen-bond donors (Lipinski definition) is 1. The Morgan fingerprint density at radius 1 is 1.11 bits per heavy atom. The fraction of sp³-hybridized carbons (Fsp3) is 0.0769. The van der Waals surface area contributed by atoms with E-state index in [-0.39, 0.29) is 17.1 Å². The first kappa shape index (κ1) is 16.2. The number of carbonyl (C=O) groups is 2. The molecular weight excluding hydrogens is 276 g/mol. The van der Waals surface area contributed by atoms with E-state index in [0.717, 1.165) is 0 Å². The van der Waals surface area contributed by atoms with E-state index in [4.69, 9.17) is 5.11 Å². The van der Waals surface area contributed by atoms with Crippen molar-refractivity contribution in [2.75, 3.05) is 0 Å². The standard InChI is InChI=1S/C8H7O4.C5H5.Fe/c9-7(10)5-8(11)12-6-3-1-2-4-6;1-2-4-5-3-1;/h1-4H,5H2,(H,9,10);1-5H;/q2*-1;+2. The minimum Gasteiger partial charge on any atom is -0.517 e. The summed E-state index contributed by atoms with van der Waals surface area (Å²) >= 11 is 0. The molecule has 18 heavy (non-hydrogen) atoms. The van der Waals surface area contributed by atoms with Gasteiger partial charge in [0.05, 0.1) is 0 Å².